The highest BCUT2D eigenvalue weighted by Gasteiger charge is 2.26. The van der Waals surface area contributed by atoms with E-state index in [4.69, 9.17) is 11.6 Å². The van der Waals surface area contributed by atoms with Crippen molar-refractivity contribution in [2.24, 2.45) is 0 Å². The van der Waals surface area contributed by atoms with Gasteiger partial charge in [-0.15, -0.1) is 11.6 Å². The average molecular weight is 279 g/mol. The monoisotopic (exact) mass is 278 g/mol. The topological polar surface area (TPSA) is 72.2 Å². The van der Waals surface area contributed by atoms with Crippen LogP contribution in [0, 0.1) is 21.7 Å². The maximum absolute atomic E-state index is 13.6. The number of nitrogens with one attached hydrogen (secondary N) is 1. The molecule has 1 aromatic rings. The Morgan fingerprint density at radius 2 is 2.17 bits per heavy atom. The molecule has 8 heteroatoms. The van der Waals surface area contributed by atoms with Gasteiger partial charge in [0.2, 0.25) is 5.82 Å². The SMILES string of the molecule is CC(Cl)CNC(=O)c1c(F)ccc([N+](=O)[O-])c1F. The van der Waals surface area contributed by atoms with Crippen molar-refractivity contribution in [1.29, 1.82) is 0 Å². The van der Waals surface area contributed by atoms with Crippen LogP contribution in [0.3, 0.4) is 0 Å². The lowest BCUT2D eigenvalue weighted by molar-refractivity contribution is -0.387. The minimum absolute atomic E-state index is 0.0119. The lowest BCUT2D eigenvalue weighted by atomic mass is 10.1. The first-order valence-electron chi connectivity index (χ1n) is 4.89. The van der Waals surface area contributed by atoms with Crippen molar-refractivity contribution >= 4 is 23.2 Å². The number of hydrogen-bond acceptors (Lipinski definition) is 3. The number of rotatable bonds is 4. The molecule has 0 bridgehead atoms. The zero-order valence-corrected chi connectivity index (χ0v) is 10.0. The summed E-state index contributed by atoms with van der Waals surface area (Å²) in [6.07, 6.45) is 0. The molecule has 0 aliphatic heterocycles. The maximum atomic E-state index is 13.6. The summed E-state index contributed by atoms with van der Waals surface area (Å²) >= 11 is 5.56. The standard InChI is InChI=1S/C10H9ClF2N2O3/c1-5(11)4-14-10(16)8-6(12)2-3-7(9(8)13)15(17)18/h2-3,5H,4H2,1H3,(H,14,16). The molecule has 1 N–H and O–H groups in total. The molecule has 0 aliphatic carbocycles. The predicted molar refractivity (Wildman–Crippen MR) is 60.7 cm³/mol. The van der Waals surface area contributed by atoms with Crippen LogP contribution in [-0.4, -0.2) is 22.8 Å². The molecule has 0 saturated carbocycles. The summed E-state index contributed by atoms with van der Waals surface area (Å²) in [5.74, 6) is -3.75. The van der Waals surface area contributed by atoms with E-state index in [9.17, 15) is 23.7 Å². The van der Waals surface area contributed by atoms with Crippen LogP contribution in [0.5, 0.6) is 0 Å². The number of nitro groups is 1. The van der Waals surface area contributed by atoms with Crippen molar-refractivity contribution in [2.75, 3.05) is 6.54 Å². The second kappa shape index (κ2) is 5.72. The number of carbonyl (C=O) groups excluding carboxylic acids is 1. The van der Waals surface area contributed by atoms with Gasteiger partial charge in [-0.05, 0) is 13.0 Å². The summed E-state index contributed by atoms with van der Waals surface area (Å²) < 4.78 is 26.9. The van der Waals surface area contributed by atoms with E-state index in [1.165, 1.54) is 0 Å². The van der Waals surface area contributed by atoms with Gasteiger partial charge >= 0.3 is 5.69 Å². The van der Waals surface area contributed by atoms with Crippen molar-refractivity contribution in [3.63, 3.8) is 0 Å². The van der Waals surface area contributed by atoms with E-state index in [0.717, 1.165) is 0 Å². The molecule has 1 atom stereocenters. The van der Waals surface area contributed by atoms with Crippen LogP contribution in [0.15, 0.2) is 12.1 Å². The number of carbonyl (C=O) groups is 1. The number of benzene rings is 1. The van der Waals surface area contributed by atoms with Crippen molar-refractivity contribution < 1.29 is 18.5 Å². The fraction of sp³-hybridized carbons (Fsp3) is 0.300. The molecule has 0 aliphatic rings. The Bertz CT molecular complexity index is 494. The Labute approximate surface area is 106 Å². The smallest absolute Gasteiger partial charge is 0.305 e. The van der Waals surface area contributed by atoms with Gasteiger partial charge in [0.15, 0.2) is 0 Å². The van der Waals surface area contributed by atoms with Crippen molar-refractivity contribution in [3.8, 4) is 0 Å². The molecule has 98 valence electrons. The highest BCUT2D eigenvalue weighted by atomic mass is 35.5. The third-order valence-electron chi connectivity index (χ3n) is 2.04. The summed E-state index contributed by atoms with van der Waals surface area (Å²) in [5, 5.41) is 12.2. The van der Waals surface area contributed by atoms with E-state index in [1.807, 2.05) is 0 Å². The van der Waals surface area contributed by atoms with E-state index in [-0.39, 0.29) is 6.54 Å². The highest BCUT2D eigenvalue weighted by molar-refractivity contribution is 6.20. The summed E-state index contributed by atoms with van der Waals surface area (Å²) in [6.45, 7) is 1.56. The molecule has 0 heterocycles. The van der Waals surface area contributed by atoms with Gasteiger partial charge in [0, 0.05) is 18.0 Å². The summed E-state index contributed by atoms with van der Waals surface area (Å²) in [7, 11) is 0. The van der Waals surface area contributed by atoms with Crippen LogP contribution in [0.25, 0.3) is 0 Å². The largest absolute Gasteiger partial charge is 0.350 e. The van der Waals surface area contributed by atoms with Crippen LogP contribution in [0.2, 0.25) is 0 Å². The van der Waals surface area contributed by atoms with Gasteiger partial charge in [-0.3, -0.25) is 14.9 Å². The third kappa shape index (κ3) is 3.13. The van der Waals surface area contributed by atoms with Crippen LogP contribution in [-0.2, 0) is 0 Å². The number of alkyl halides is 1. The quantitative estimate of drug-likeness (QED) is 0.521. The second-order valence-corrected chi connectivity index (χ2v) is 4.25. The van der Waals surface area contributed by atoms with Crippen LogP contribution < -0.4 is 5.32 Å². The van der Waals surface area contributed by atoms with E-state index in [0.29, 0.717) is 12.1 Å². The van der Waals surface area contributed by atoms with Gasteiger partial charge < -0.3 is 5.32 Å². The Morgan fingerprint density at radius 1 is 1.56 bits per heavy atom. The lowest BCUT2D eigenvalue weighted by Gasteiger charge is -2.08. The third-order valence-corrected chi connectivity index (χ3v) is 2.19. The highest BCUT2D eigenvalue weighted by Crippen LogP contribution is 2.22. The zero-order valence-electron chi connectivity index (χ0n) is 9.25. The fourth-order valence-corrected chi connectivity index (χ4v) is 1.29. The minimum Gasteiger partial charge on any atom is -0.350 e. The molecule has 1 amide bonds. The van der Waals surface area contributed by atoms with Gasteiger partial charge in [-0.25, -0.2) is 4.39 Å². The normalized spacial score (nSPS) is 12.0. The van der Waals surface area contributed by atoms with Gasteiger partial charge in [0.05, 0.1) is 4.92 Å². The molecule has 1 aromatic carbocycles. The van der Waals surface area contributed by atoms with Crippen LogP contribution in [0.4, 0.5) is 14.5 Å². The molecular weight excluding hydrogens is 270 g/mol. The van der Waals surface area contributed by atoms with Gasteiger partial charge in [-0.2, -0.15) is 4.39 Å². The van der Waals surface area contributed by atoms with Crippen LogP contribution >= 0.6 is 11.6 Å². The maximum Gasteiger partial charge on any atom is 0.305 e. The Kier molecular flexibility index (Phi) is 4.55. The second-order valence-electron chi connectivity index (χ2n) is 3.50. The summed E-state index contributed by atoms with van der Waals surface area (Å²) in [4.78, 5) is 20.9. The van der Waals surface area contributed by atoms with Gasteiger partial charge in [0.25, 0.3) is 5.91 Å². The van der Waals surface area contributed by atoms with Crippen molar-refractivity contribution in [2.45, 2.75) is 12.3 Å². The predicted octanol–water partition coefficient (Wildman–Crippen LogP) is 2.23. The molecule has 18 heavy (non-hydrogen) atoms. The molecule has 5 nitrogen and oxygen atoms in total. The molecule has 0 fully saturated rings. The van der Waals surface area contributed by atoms with Crippen molar-refractivity contribution in [1.82, 2.24) is 5.32 Å². The molecule has 1 rings (SSSR count). The molecule has 0 spiro atoms. The fourth-order valence-electron chi connectivity index (χ4n) is 1.21. The molecule has 0 aromatic heterocycles. The Hall–Kier alpha value is -1.76. The van der Waals surface area contributed by atoms with E-state index >= 15 is 0 Å². The van der Waals surface area contributed by atoms with Gasteiger partial charge in [0.1, 0.15) is 11.4 Å². The van der Waals surface area contributed by atoms with E-state index in [2.05, 4.69) is 5.32 Å². The first kappa shape index (κ1) is 14.3. The van der Waals surface area contributed by atoms with Crippen molar-refractivity contribution in [3.05, 3.63) is 39.4 Å². The molecule has 0 radical (unpaired) electrons. The molecular formula is C10H9ClF2N2O3. The minimum atomic E-state index is -1.50. The first-order valence-corrected chi connectivity index (χ1v) is 5.33. The van der Waals surface area contributed by atoms with E-state index in [1.54, 1.807) is 6.92 Å². The number of nitro benzene ring substituents is 1. The van der Waals surface area contributed by atoms with E-state index < -0.39 is 39.1 Å². The number of halogens is 3. The first-order chi connectivity index (χ1) is 8.34. The Balaban J connectivity index is 3.11. The molecule has 0 saturated heterocycles. The number of nitrogens with zero attached hydrogens (tertiary/aromatic N) is 1. The number of hydrogen-bond donors (Lipinski definition) is 1. The summed E-state index contributed by atoms with van der Waals surface area (Å²) in [5.41, 5.74) is -1.94. The molecule has 1 unspecified atom stereocenters. The lowest BCUT2D eigenvalue weighted by Crippen LogP contribution is -2.30. The average Bonchev–Trinajstić information content (AvgIpc) is 2.25. The summed E-state index contributed by atoms with van der Waals surface area (Å²) in [6, 6.07) is 1.33. The Morgan fingerprint density at radius 3 is 2.67 bits per heavy atom. The number of amides is 1. The van der Waals surface area contributed by atoms with Gasteiger partial charge in [-0.1, -0.05) is 0 Å². The van der Waals surface area contributed by atoms with Crippen LogP contribution in [0.1, 0.15) is 17.3 Å². The zero-order chi connectivity index (χ0) is 13.9.